The molecule has 1 aromatic carbocycles. The molecule has 0 bridgehead atoms. The fraction of sp³-hybridized carbons (Fsp3) is 0.550. The third kappa shape index (κ3) is 3.26. The van der Waals surface area contributed by atoms with Gasteiger partial charge in [0.2, 0.25) is 0 Å². The Labute approximate surface area is 139 Å². The second-order valence-corrected chi connectivity index (χ2v) is 7.26. The Bertz CT molecular complexity index is 668. The first-order valence-electron chi connectivity index (χ1n) is 9.10. The molecule has 1 N–H and O–H groups in total. The first-order chi connectivity index (χ1) is 11.3. The zero-order valence-corrected chi connectivity index (χ0v) is 14.1. The van der Waals surface area contributed by atoms with E-state index in [1.807, 2.05) is 0 Å². The molecular weight excluding hydrogens is 282 g/mol. The minimum Gasteiger partial charge on any atom is -0.314 e. The van der Waals surface area contributed by atoms with Crippen molar-refractivity contribution >= 4 is 10.9 Å². The van der Waals surface area contributed by atoms with Crippen molar-refractivity contribution in [1.82, 2.24) is 15.2 Å². The van der Waals surface area contributed by atoms with Gasteiger partial charge < -0.3 is 5.32 Å². The summed E-state index contributed by atoms with van der Waals surface area (Å²) in [6.07, 6.45) is 5.45. The molecule has 1 aromatic heterocycles. The standard InChI is InChI=1S/C20H27N3/c1-15-13-17(18-5-2-3-6-20(18)22-15)14-23-11-8-16(9-12-23)19-7-4-10-21-19/h2-3,5-6,13,16,19,21H,4,7-12,14H2,1H3. The first-order valence-corrected chi connectivity index (χ1v) is 9.10. The van der Waals surface area contributed by atoms with Gasteiger partial charge in [0.05, 0.1) is 5.52 Å². The highest BCUT2D eigenvalue weighted by Gasteiger charge is 2.28. The lowest BCUT2D eigenvalue weighted by molar-refractivity contribution is 0.158. The number of rotatable bonds is 3. The second-order valence-electron chi connectivity index (χ2n) is 7.26. The molecule has 3 heterocycles. The van der Waals surface area contributed by atoms with Crippen LogP contribution in [0, 0.1) is 12.8 Å². The van der Waals surface area contributed by atoms with Crippen molar-refractivity contribution in [2.45, 2.75) is 45.2 Å². The van der Waals surface area contributed by atoms with E-state index in [9.17, 15) is 0 Å². The molecule has 0 spiro atoms. The number of pyridine rings is 1. The zero-order chi connectivity index (χ0) is 15.6. The average Bonchev–Trinajstić information content (AvgIpc) is 3.10. The van der Waals surface area contributed by atoms with Crippen LogP contribution in [-0.4, -0.2) is 35.6 Å². The summed E-state index contributed by atoms with van der Waals surface area (Å²) in [5, 5.41) is 5.01. The van der Waals surface area contributed by atoms with Crippen LogP contribution >= 0.6 is 0 Å². The Morgan fingerprint density at radius 2 is 2.00 bits per heavy atom. The summed E-state index contributed by atoms with van der Waals surface area (Å²) < 4.78 is 0. The molecule has 3 heteroatoms. The lowest BCUT2D eigenvalue weighted by Crippen LogP contribution is -2.40. The normalized spacial score (nSPS) is 23.6. The van der Waals surface area contributed by atoms with Gasteiger partial charge in [-0.3, -0.25) is 9.88 Å². The molecule has 122 valence electrons. The molecule has 3 nitrogen and oxygen atoms in total. The predicted octanol–water partition coefficient (Wildman–Crippen LogP) is 3.51. The highest BCUT2D eigenvalue weighted by Crippen LogP contribution is 2.27. The van der Waals surface area contributed by atoms with Crippen LogP contribution in [0.25, 0.3) is 10.9 Å². The quantitative estimate of drug-likeness (QED) is 0.940. The van der Waals surface area contributed by atoms with E-state index < -0.39 is 0 Å². The molecule has 0 radical (unpaired) electrons. The van der Waals surface area contributed by atoms with Crippen LogP contribution in [0.5, 0.6) is 0 Å². The molecular formula is C20H27N3. The fourth-order valence-electron chi connectivity index (χ4n) is 4.39. The van der Waals surface area contributed by atoms with Gasteiger partial charge in [0.1, 0.15) is 0 Å². The van der Waals surface area contributed by atoms with Gasteiger partial charge in [-0.15, -0.1) is 0 Å². The summed E-state index contributed by atoms with van der Waals surface area (Å²) in [4.78, 5) is 7.30. The zero-order valence-electron chi connectivity index (χ0n) is 14.1. The van der Waals surface area contributed by atoms with E-state index >= 15 is 0 Å². The lowest BCUT2D eigenvalue weighted by Gasteiger charge is -2.35. The van der Waals surface area contributed by atoms with Crippen LogP contribution in [0.15, 0.2) is 30.3 Å². The Morgan fingerprint density at radius 1 is 1.17 bits per heavy atom. The monoisotopic (exact) mass is 309 g/mol. The minimum absolute atomic E-state index is 0.793. The van der Waals surface area contributed by atoms with Gasteiger partial charge in [0.25, 0.3) is 0 Å². The molecule has 0 amide bonds. The van der Waals surface area contributed by atoms with Crippen molar-refractivity contribution in [2.75, 3.05) is 19.6 Å². The van der Waals surface area contributed by atoms with Crippen LogP contribution in [0.2, 0.25) is 0 Å². The summed E-state index contributed by atoms with van der Waals surface area (Å²) in [5.41, 5.74) is 3.70. The number of hydrogen-bond donors (Lipinski definition) is 1. The van der Waals surface area contributed by atoms with E-state index in [1.165, 1.54) is 56.3 Å². The van der Waals surface area contributed by atoms with Crippen LogP contribution in [0.3, 0.4) is 0 Å². The number of benzene rings is 1. The third-order valence-electron chi connectivity index (χ3n) is 5.62. The molecule has 0 aliphatic carbocycles. The van der Waals surface area contributed by atoms with Crippen LogP contribution in [-0.2, 0) is 6.54 Å². The number of hydrogen-bond acceptors (Lipinski definition) is 3. The summed E-state index contributed by atoms with van der Waals surface area (Å²) >= 11 is 0. The smallest absolute Gasteiger partial charge is 0.0708 e. The molecule has 0 saturated carbocycles. The van der Waals surface area contributed by atoms with E-state index in [1.54, 1.807) is 0 Å². The highest BCUT2D eigenvalue weighted by atomic mass is 15.1. The molecule has 2 aliphatic heterocycles. The molecule has 4 rings (SSSR count). The Balaban J connectivity index is 1.45. The number of piperidine rings is 1. The summed E-state index contributed by atoms with van der Waals surface area (Å²) in [6, 6.07) is 11.6. The van der Waals surface area contributed by atoms with Crippen molar-refractivity contribution in [3.63, 3.8) is 0 Å². The maximum absolute atomic E-state index is 4.67. The topological polar surface area (TPSA) is 28.2 Å². The van der Waals surface area contributed by atoms with Crippen molar-refractivity contribution in [3.8, 4) is 0 Å². The van der Waals surface area contributed by atoms with E-state index in [0.717, 1.165) is 29.7 Å². The molecule has 2 aromatic rings. The van der Waals surface area contributed by atoms with Gasteiger partial charge in [-0.1, -0.05) is 18.2 Å². The average molecular weight is 309 g/mol. The van der Waals surface area contributed by atoms with Crippen molar-refractivity contribution in [3.05, 3.63) is 41.6 Å². The number of nitrogens with one attached hydrogen (secondary N) is 1. The first kappa shape index (κ1) is 15.1. The molecule has 2 saturated heterocycles. The Hall–Kier alpha value is -1.45. The maximum Gasteiger partial charge on any atom is 0.0708 e. The molecule has 2 fully saturated rings. The van der Waals surface area contributed by atoms with Crippen molar-refractivity contribution in [1.29, 1.82) is 0 Å². The van der Waals surface area contributed by atoms with Gasteiger partial charge >= 0.3 is 0 Å². The predicted molar refractivity (Wildman–Crippen MR) is 95.5 cm³/mol. The largest absolute Gasteiger partial charge is 0.314 e. The van der Waals surface area contributed by atoms with Gasteiger partial charge in [-0.25, -0.2) is 0 Å². The summed E-state index contributed by atoms with van der Waals surface area (Å²) in [5.74, 6) is 0.893. The maximum atomic E-state index is 4.67. The van der Waals surface area contributed by atoms with Crippen molar-refractivity contribution < 1.29 is 0 Å². The summed E-state index contributed by atoms with van der Waals surface area (Å²) in [7, 11) is 0. The molecule has 2 aliphatic rings. The van der Waals surface area contributed by atoms with Crippen molar-refractivity contribution in [2.24, 2.45) is 5.92 Å². The molecule has 1 unspecified atom stereocenters. The highest BCUT2D eigenvalue weighted by molar-refractivity contribution is 5.82. The van der Waals surface area contributed by atoms with E-state index in [4.69, 9.17) is 0 Å². The molecule has 1 atom stereocenters. The number of nitrogens with zero attached hydrogens (tertiary/aromatic N) is 2. The van der Waals surface area contributed by atoms with E-state index in [-0.39, 0.29) is 0 Å². The second kappa shape index (κ2) is 6.58. The SMILES string of the molecule is Cc1cc(CN2CCC(C3CCCN3)CC2)c2ccccc2n1. The van der Waals surface area contributed by atoms with Gasteiger partial charge in [0.15, 0.2) is 0 Å². The summed E-state index contributed by atoms with van der Waals surface area (Å²) in [6.45, 7) is 6.87. The third-order valence-corrected chi connectivity index (χ3v) is 5.62. The van der Waals surface area contributed by atoms with Crippen LogP contribution in [0.4, 0.5) is 0 Å². The number of fused-ring (bicyclic) bond motifs is 1. The number of aryl methyl sites for hydroxylation is 1. The van der Waals surface area contributed by atoms with Gasteiger partial charge in [0, 0.05) is 23.7 Å². The van der Waals surface area contributed by atoms with E-state index in [2.05, 4.69) is 52.5 Å². The van der Waals surface area contributed by atoms with Crippen LogP contribution < -0.4 is 5.32 Å². The number of aromatic nitrogens is 1. The number of likely N-dealkylation sites (tertiary alicyclic amines) is 1. The van der Waals surface area contributed by atoms with Gasteiger partial charge in [-0.2, -0.15) is 0 Å². The fourth-order valence-corrected chi connectivity index (χ4v) is 4.39. The lowest BCUT2D eigenvalue weighted by atomic mass is 9.88. The van der Waals surface area contributed by atoms with Gasteiger partial charge in [-0.05, 0) is 75.9 Å². The Kier molecular flexibility index (Phi) is 4.32. The van der Waals surface area contributed by atoms with Crippen LogP contribution in [0.1, 0.15) is 36.9 Å². The van der Waals surface area contributed by atoms with E-state index in [0.29, 0.717) is 0 Å². The molecule has 23 heavy (non-hydrogen) atoms. The Morgan fingerprint density at radius 3 is 2.78 bits per heavy atom. The number of para-hydroxylation sites is 1. The minimum atomic E-state index is 0.793.